The minimum Gasteiger partial charge on any atom is -0.481 e. The van der Waals surface area contributed by atoms with Gasteiger partial charge in [0.1, 0.15) is 27.3 Å². The van der Waals surface area contributed by atoms with Crippen LogP contribution in [0.15, 0.2) is 30.8 Å². The van der Waals surface area contributed by atoms with E-state index in [1.165, 1.54) is 19.2 Å². The van der Waals surface area contributed by atoms with Gasteiger partial charge < -0.3 is 14.8 Å². The monoisotopic (exact) mass is 562 g/mol. The van der Waals surface area contributed by atoms with Gasteiger partial charge in [-0.3, -0.25) is 0 Å². The van der Waals surface area contributed by atoms with Crippen LogP contribution in [0.3, 0.4) is 0 Å². The van der Waals surface area contributed by atoms with Gasteiger partial charge >= 0.3 is 0 Å². The normalized spacial score (nSPS) is 19.8. The van der Waals surface area contributed by atoms with E-state index in [1.54, 1.807) is 13.0 Å². The van der Waals surface area contributed by atoms with Crippen LogP contribution >= 0.6 is 0 Å². The first-order valence-corrected chi connectivity index (χ1v) is 14.5. The third kappa shape index (κ3) is 5.31. The van der Waals surface area contributed by atoms with Crippen molar-refractivity contribution >= 4 is 32.4 Å². The van der Waals surface area contributed by atoms with Gasteiger partial charge in [0.15, 0.2) is 5.65 Å². The van der Waals surface area contributed by atoms with Gasteiger partial charge in [0.2, 0.25) is 5.88 Å². The summed E-state index contributed by atoms with van der Waals surface area (Å²) >= 11 is 0. The molecule has 0 radical (unpaired) electrons. The van der Waals surface area contributed by atoms with E-state index in [0.717, 1.165) is 6.07 Å². The number of benzene rings is 1. The SMILES string of the molecule is C=C(Nc1nc(C)nc2nc(OC)c(C3CCS(=O)(=O)CC3)cc12)c1cccc(C(F)(F)C2CCOC2)c1F. The van der Waals surface area contributed by atoms with Crippen LogP contribution in [0.25, 0.3) is 16.7 Å². The average molecular weight is 563 g/mol. The maximum atomic E-state index is 15.5. The lowest BCUT2D eigenvalue weighted by molar-refractivity contribution is -0.0690. The minimum absolute atomic E-state index is 0.0355. The highest BCUT2D eigenvalue weighted by molar-refractivity contribution is 7.91. The molecule has 0 bridgehead atoms. The van der Waals surface area contributed by atoms with Gasteiger partial charge in [0, 0.05) is 23.4 Å². The zero-order valence-electron chi connectivity index (χ0n) is 21.6. The number of hydrogen-bond acceptors (Lipinski definition) is 8. The Labute approximate surface area is 224 Å². The number of halogens is 3. The maximum absolute atomic E-state index is 15.5. The molecule has 0 amide bonds. The Hall–Kier alpha value is -3.25. The highest BCUT2D eigenvalue weighted by Crippen LogP contribution is 2.43. The fourth-order valence-electron chi connectivity index (χ4n) is 5.19. The van der Waals surface area contributed by atoms with Crippen LogP contribution in [0.2, 0.25) is 0 Å². The largest absolute Gasteiger partial charge is 0.481 e. The molecule has 5 rings (SSSR count). The van der Waals surface area contributed by atoms with Crippen LogP contribution in [-0.4, -0.2) is 55.2 Å². The predicted octanol–water partition coefficient (Wildman–Crippen LogP) is 4.98. The molecule has 2 saturated heterocycles. The fourth-order valence-corrected chi connectivity index (χ4v) is 6.68. The van der Waals surface area contributed by atoms with Crippen LogP contribution in [0.4, 0.5) is 19.0 Å². The van der Waals surface area contributed by atoms with Crippen molar-refractivity contribution in [1.29, 1.82) is 0 Å². The molecular formula is C27H29F3N4O4S. The third-order valence-electron chi connectivity index (χ3n) is 7.37. The summed E-state index contributed by atoms with van der Waals surface area (Å²) in [6.07, 6.45) is 0.992. The molecule has 1 atom stereocenters. The van der Waals surface area contributed by atoms with E-state index in [4.69, 9.17) is 9.47 Å². The topological polar surface area (TPSA) is 103 Å². The summed E-state index contributed by atoms with van der Waals surface area (Å²) in [5.74, 6) is -4.57. The quantitative estimate of drug-likeness (QED) is 0.430. The third-order valence-corrected chi connectivity index (χ3v) is 9.09. The average Bonchev–Trinajstić information content (AvgIpc) is 3.44. The summed E-state index contributed by atoms with van der Waals surface area (Å²) in [5.41, 5.74) is 0.239. The number of nitrogens with one attached hydrogen (secondary N) is 1. The second kappa shape index (κ2) is 10.4. The summed E-state index contributed by atoms with van der Waals surface area (Å²) < 4.78 is 80.3. The van der Waals surface area contributed by atoms with Gasteiger partial charge in [-0.05, 0) is 44.2 Å². The Morgan fingerprint density at radius 3 is 2.59 bits per heavy atom. The Morgan fingerprint density at radius 2 is 1.92 bits per heavy atom. The molecule has 3 aromatic rings. The molecular weight excluding hydrogens is 533 g/mol. The molecule has 1 unspecified atom stereocenters. The summed E-state index contributed by atoms with van der Waals surface area (Å²) in [6.45, 7) is 5.65. The molecule has 0 saturated carbocycles. The van der Waals surface area contributed by atoms with E-state index >= 15 is 13.2 Å². The Morgan fingerprint density at radius 1 is 1.18 bits per heavy atom. The molecule has 208 valence electrons. The van der Waals surface area contributed by atoms with E-state index in [0.29, 0.717) is 41.1 Å². The first-order chi connectivity index (χ1) is 18.5. The van der Waals surface area contributed by atoms with E-state index in [2.05, 4.69) is 26.8 Å². The van der Waals surface area contributed by atoms with Gasteiger partial charge in [-0.1, -0.05) is 18.7 Å². The smallest absolute Gasteiger partial charge is 0.281 e. The Bertz CT molecular complexity index is 1530. The lowest BCUT2D eigenvalue weighted by atomic mass is 9.92. The number of fused-ring (bicyclic) bond motifs is 1. The zero-order valence-corrected chi connectivity index (χ0v) is 22.5. The first-order valence-electron chi connectivity index (χ1n) is 12.6. The highest BCUT2D eigenvalue weighted by Gasteiger charge is 2.45. The number of ether oxygens (including phenoxy) is 2. The van der Waals surface area contributed by atoms with E-state index in [1.807, 2.05) is 0 Å². The number of alkyl halides is 2. The number of pyridine rings is 1. The molecule has 2 aliphatic heterocycles. The molecule has 39 heavy (non-hydrogen) atoms. The summed E-state index contributed by atoms with van der Waals surface area (Å²) in [5, 5.41) is 3.46. The van der Waals surface area contributed by atoms with Crippen LogP contribution < -0.4 is 10.1 Å². The van der Waals surface area contributed by atoms with Crippen molar-refractivity contribution in [2.45, 2.75) is 38.0 Å². The van der Waals surface area contributed by atoms with Crippen molar-refractivity contribution < 1.29 is 31.1 Å². The van der Waals surface area contributed by atoms with Crippen molar-refractivity contribution in [3.8, 4) is 5.88 Å². The molecule has 4 heterocycles. The standard InChI is InChI=1S/C27H29F3N4O4S/c1-15(19-5-4-6-22(23(19)28)27(29,30)18-7-10-38-14-18)31-24-21-13-20(17-8-11-39(35,36)12-9-17)26(37-3)34-25(21)33-16(2)32-24/h4-6,13,17-18H,1,7-12,14H2,2-3H3,(H,31,32,33,34). The van der Waals surface area contributed by atoms with Crippen LogP contribution in [0, 0.1) is 18.7 Å². The maximum Gasteiger partial charge on any atom is 0.281 e. The minimum atomic E-state index is -3.40. The van der Waals surface area contributed by atoms with Gasteiger partial charge in [0.25, 0.3) is 5.92 Å². The second-order valence-electron chi connectivity index (χ2n) is 9.96. The number of aromatic nitrogens is 3. The van der Waals surface area contributed by atoms with E-state index in [9.17, 15) is 8.42 Å². The fraction of sp³-hybridized carbons (Fsp3) is 0.444. The molecule has 2 fully saturated rings. The van der Waals surface area contributed by atoms with Crippen LogP contribution in [-0.2, 0) is 20.5 Å². The van der Waals surface area contributed by atoms with E-state index < -0.39 is 33.1 Å². The van der Waals surface area contributed by atoms with Crippen LogP contribution in [0.1, 0.15) is 47.7 Å². The van der Waals surface area contributed by atoms with Crippen molar-refractivity contribution in [3.05, 3.63) is 59.2 Å². The van der Waals surface area contributed by atoms with Gasteiger partial charge in [-0.2, -0.15) is 4.98 Å². The molecule has 0 spiro atoms. The molecule has 12 heteroatoms. The summed E-state index contributed by atoms with van der Waals surface area (Å²) in [4.78, 5) is 13.4. The summed E-state index contributed by atoms with van der Waals surface area (Å²) in [7, 11) is -1.59. The predicted molar refractivity (Wildman–Crippen MR) is 141 cm³/mol. The Kier molecular flexibility index (Phi) is 7.27. The number of methoxy groups -OCH3 is 1. The lowest BCUT2D eigenvalue weighted by Gasteiger charge is -2.24. The van der Waals surface area contributed by atoms with Gasteiger partial charge in [-0.25, -0.2) is 31.6 Å². The molecule has 0 aliphatic carbocycles. The lowest BCUT2D eigenvalue weighted by Crippen LogP contribution is -2.27. The second-order valence-corrected chi connectivity index (χ2v) is 12.3. The molecule has 2 aliphatic rings. The molecule has 1 aromatic carbocycles. The van der Waals surface area contributed by atoms with Gasteiger partial charge in [-0.15, -0.1) is 0 Å². The highest BCUT2D eigenvalue weighted by atomic mass is 32.2. The first kappa shape index (κ1) is 27.3. The van der Waals surface area contributed by atoms with Crippen molar-refractivity contribution in [3.63, 3.8) is 0 Å². The Balaban J connectivity index is 1.51. The van der Waals surface area contributed by atoms with Gasteiger partial charge in [0.05, 0.1) is 42.1 Å². The number of anilines is 1. The number of hydrogen-bond donors (Lipinski definition) is 1. The number of sulfone groups is 1. The number of nitrogens with zero attached hydrogens (tertiary/aromatic N) is 3. The zero-order chi connectivity index (χ0) is 27.9. The van der Waals surface area contributed by atoms with E-state index in [-0.39, 0.29) is 54.1 Å². The number of aryl methyl sites for hydroxylation is 1. The van der Waals surface area contributed by atoms with Crippen molar-refractivity contribution in [2.24, 2.45) is 5.92 Å². The van der Waals surface area contributed by atoms with Crippen molar-refractivity contribution in [1.82, 2.24) is 15.0 Å². The molecule has 1 N–H and O–H groups in total. The molecule has 2 aromatic heterocycles. The number of rotatable bonds is 7. The molecule has 8 nitrogen and oxygen atoms in total. The van der Waals surface area contributed by atoms with Crippen molar-refractivity contribution in [2.75, 3.05) is 37.1 Å². The van der Waals surface area contributed by atoms with Crippen LogP contribution in [0.5, 0.6) is 5.88 Å². The summed E-state index contributed by atoms with van der Waals surface area (Å²) in [6, 6.07) is 5.62.